The summed E-state index contributed by atoms with van der Waals surface area (Å²) in [5.41, 5.74) is 4.44. The average molecular weight is 293 g/mol. The quantitative estimate of drug-likeness (QED) is 0.523. The van der Waals surface area contributed by atoms with Crippen molar-refractivity contribution >= 4 is 44.9 Å². The zero-order chi connectivity index (χ0) is 13.7. The Balaban J connectivity index is 1.90. The molecule has 0 fully saturated rings. The lowest BCUT2D eigenvalue weighted by molar-refractivity contribution is -0.118. The van der Waals surface area contributed by atoms with Crippen molar-refractivity contribution in [3.8, 4) is 0 Å². The van der Waals surface area contributed by atoms with Crippen molar-refractivity contribution in [3.63, 3.8) is 0 Å². The van der Waals surface area contributed by atoms with Crippen LogP contribution in [0, 0.1) is 0 Å². The van der Waals surface area contributed by atoms with Gasteiger partial charge in [0.15, 0.2) is 4.34 Å². The first kappa shape index (κ1) is 14.0. The van der Waals surface area contributed by atoms with E-state index in [1.165, 1.54) is 11.8 Å². The lowest BCUT2D eigenvalue weighted by Crippen LogP contribution is -2.20. The van der Waals surface area contributed by atoms with Crippen molar-refractivity contribution in [1.29, 1.82) is 0 Å². The zero-order valence-corrected chi connectivity index (χ0v) is 12.5. The van der Waals surface area contributed by atoms with E-state index in [4.69, 9.17) is 0 Å². The van der Waals surface area contributed by atoms with Gasteiger partial charge in [-0.3, -0.25) is 4.79 Å². The van der Waals surface area contributed by atoms with E-state index in [1.807, 2.05) is 38.1 Å². The lowest BCUT2D eigenvalue weighted by Gasteiger charge is -1.99. The summed E-state index contributed by atoms with van der Waals surface area (Å²) in [6.45, 7) is 3.89. The number of hydrogen-bond acceptors (Lipinski definition) is 5. The summed E-state index contributed by atoms with van der Waals surface area (Å²) >= 11 is 3.04. The first-order valence-electron chi connectivity index (χ1n) is 5.99. The van der Waals surface area contributed by atoms with Crippen LogP contribution >= 0.6 is 23.1 Å². The van der Waals surface area contributed by atoms with Crippen LogP contribution in [0.3, 0.4) is 0 Å². The highest BCUT2D eigenvalue weighted by molar-refractivity contribution is 8.01. The molecule has 0 saturated heterocycles. The minimum Gasteiger partial charge on any atom is -0.272 e. The third kappa shape index (κ3) is 4.04. The maximum Gasteiger partial charge on any atom is 0.250 e. The average Bonchev–Trinajstić information content (AvgIpc) is 2.85. The van der Waals surface area contributed by atoms with Crippen LogP contribution in [0.5, 0.6) is 0 Å². The Hall–Kier alpha value is -1.40. The molecule has 0 aliphatic heterocycles. The molecule has 4 nitrogen and oxygen atoms in total. The molecule has 1 amide bonds. The molecule has 1 heterocycles. The number of benzene rings is 1. The van der Waals surface area contributed by atoms with Gasteiger partial charge >= 0.3 is 0 Å². The highest BCUT2D eigenvalue weighted by atomic mass is 32.2. The molecule has 2 aromatic rings. The van der Waals surface area contributed by atoms with Crippen molar-refractivity contribution in [1.82, 2.24) is 10.4 Å². The summed E-state index contributed by atoms with van der Waals surface area (Å²) in [6, 6.07) is 7.96. The van der Waals surface area contributed by atoms with Crippen LogP contribution in [-0.2, 0) is 4.79 Å². The van der Waals surface area contributed by atoms with Gasteiger partial charge in [-0.1, -0.05) is 30.8 Å². The van der Waals surface area contributed by atoms with E-state index in [9.17, 15) is 4.79 Å². The number of rotatable bonds is 5. The molecular weight excluding hydrogens is 278 g/mol. The van der Waals surface area contributed by atoms with Gasteiger partial charge in [-0.2, -0.15) is 5.10 Å². The summed E-state index contributed by atoms with van der Waals surface area (Å²) in [4.78, 5) is 16.1. The molecule has 100 valence electrons. The van der Waals surface area contributed by atoms with Crippen LogP contribution in [0.2, 0.25) is 0 Å². The molecule has 0 radical (unpaired) electrons. The maximum atomic E-state index is 11.6. The molecule has 1 aromatic carbocycles. The van der Waals surface area contributed by atoms with Crippen LogP contribution in [-0.4, -0.2) is 22.4 Å². The second-order valence-corrected chi connectivity index (χ2v) is 6.22. The maximum absolute atomic E-state index is 11.6. The third-order valence-corrected chi connectivity index (χ3v) is 4.66. The molecule has 19 heavy (non-hydrogen) atoms. The largest absolute Gasteiger partial charge is 0.272 e. The monoisotopic (exact) mass is 293 g/mol. The molecule has 0 unspecified atom stereocenters. The van der Waals surface area contributed by atoms with Crippen LogP contribution in [0.25, 0.3) is 10.2 Å². The second-order valence-electron chi connectivity index (χ2n) is 3.97. The summed E-state index contributed by atoms with van der Waals surface area (Å²) < 4.78 is 2.05. The number of aromatic nitrogens is 1. The van der Waals surface area contributed by atoms with Gasteiger partial charge in [0.05, 0.1) is 16.0 Å². The van der Waals surface area contributed by atoms with Crippen LogP contribution in [0.4, 0.5) is 0 Å². The molecule has 1 aromatic heterocycles. The number of carbonyl (C=O) groups is 1. The van der Waals surface area contributed by atoms with Gasteiger partial charge in [0.1, 0.15) is 0 Å². The van der Waals surface area contributed by atoms with Gasteiger partial charge in [-0.15, -0.1) is 11.3 Å². The Morgan fingerprint density at radius 1 is 1.47 bits per heavy atom. The number of nitrogens with zero attached hydrogens (tertiary/aromatic N) is 2. The van der Waals surface area contributed by atoms with Gasteiger partial charge < -0.3 is 0 Å². The highest BCUT2D eigenvalue weighted by Crippen LogP contribution is 2.28. The normalized spacial score (nSPS) is 11.8. The number of nitrogens with one attached hydrogen (secondary N) is 1. The summed E-state index contributed by atoms with van der Waals surface area (Å²) in [5, 5.41) is 3.98. The fourth-order valence-corrected chi connectivity index (χ4v) is 3.17. The minimum absolute atomic E-state index is 0.0999. The number of hydrogen-bond donors (Lipinski definition) is 1. The lowest BCUT2D eigenvalue weighted by atomic mass is 10.3. The standard InChI is InChI=1S/C13H15N3OS2/c1-3-9(2)15-16-12(17)8-18-13-14-10-6-4-5-7-11(10)19-13/h4-7H,3,8H2,1-2H3,(H,16,17)/b15-9+. The van der Waals surface area contributed by atoms with Crippen molar-refractivity contribution in [2.45, 2.75) is 24.6 Å². The molecule has 0 atom stereocenters. The van der Waals surface area contributed by atoms with Gasteiger partial charge in [-0.25, -0.2) is 10.4 Å². The van der Waals surface area contributed by atoms with E-state index in [0.717, 1.165) is 26.7 Å². The van der Waals surface area contributed by atoms with E-state index in [1.54, 1.807) is 11.3 Å². The molecule has 0 spiro atoms. The van der Waals surface area contributed by atoms with Crippen molar-refractivity contribution in [2.75, 3.05) is 5.75 Å². The fraction of sp³-hybridized carbons (Fsp3) is 0.308. The van der Waals surface area contributed by atoms with Crippen molar-refractivity contribution in [2.24, 2.45) is 5.10 Å². The topological polar surface area (TPSA) is 54.4 Å². The van der Waals surface area contributed by atoms with Gasteiger partial charge in [0.25, 0.3) is 5.91 Å². The molecule has 0 saturated carbocycles. The Morgan fingerprint density at radius 3 is 3.00 bits per heavy atom. The summed E-state index contributed by atoms with van der Waals surface area (Å²) in [5.74, 6) is 0.234. The molecule has 1 N–H and O–H groups in total. The third-order valence-electron chi connectivity index (χ3n) is 2.48. The van der Waals surface area contributed by atoms with E-state index < -0.39 is 0 Å². The smallest absolute Gasteiger partial charge is 0.250 e. The Bertz CT molecular complexity index is 574. The Kier molecular flexibility index (Phi) is 4.93. The van der Waals surface area contributed by atoms with E-state index in [2.05, 4.69) is 15.5 Å². The van der Waals surface area contributed by atoms with Crippen LogP contribution < -0.4 is 5.43 Å². The van der Waals surface area contributed by atoms with Crippen molar-refractivity contribution in [3.05, 3.63) is 24.3 Å². The molecule has 0 aliphatic carbocycles. The zero-order valence-electron chi connectivity index (χ0n) is 10.8. The van der Waals surface area contributed by atoms with Gasteiger partial charge in [0, 0.05) is 5.71 Å². The predicted octanol–water partition coefficient (Wildman–Crippen LogP) is 3.29. The number of amides is 1. The molecule has 0 bridgehead atoms. The minimum atomic E-state index is -0.0999. The fourth-order valence-electron chi connectivity index (χ4n) is 1.31. The van der Waals surface area contributed by atoms with E-state index in [0.29, 0.717) is 5.75 Å². The first-order valence-corrected chi connectivity index (χ1v) is 7.79. The molecule has 6 heteroatoms. The summed E-state index contributed by atoms with van der Waals surface area (Å²) in [6.07, 6.45) is 0.839. The highest BCUT2D eigenvalue weighted by Gasteiger charge is 2.06. The number of hydrazone groups is 1. The molecule has 2 rings (SSSR count). The number of thioether (sulfide) groups is 1. The van der Waals surface area contributed by atoms with Crippen LogP contribution in [0.1, 0.15) is 20.3 Å². The SMILES string of the molecule is CC/C(C)=N/NC(=O)CSc1nc2ccccc2s1. The number of thiazole rings is 1. The predicted molar refractivity (Wildman–Crippen MR) is 81.9 cm³/mol. The first-order chi connectivity index (χ1) is 9.19. The molecular formula is C13H15N3OS2. The van der Waals surface area contributed by atoms with Gasteiger partial charge in [0.2, 0.25) is 0 Å². The van der Waals surface area contributed by atoms with Crippen LogP contribution in [0.15, 0.2) is 33.7 Å². The second kappa shape index (κ2) is 6.68. The van der Waals surface area contributed by atoms with E-state index in [-0.39, 0.29) is 5.91 Å². The van der Waals surface area contributed by atoms with E-state index >= 15 is 0 Å². The Morgan fingerprint density at radius 2 is 2.26 bits per heavy atom. The number of fused-ring (bicyclic) bond motifs is 1. The van der Waals surface area contributed by atoms with Gasteiger partial charge in [-0.05, 0) is 25.5 Å². The summed E-state index contributed by atoms with van der Waals surface area (Å²) in [7, 11) is 0. The number of para-hydroxylation sites is 1. The number of carbonyl (C=O) groups excluding carboxylic acids is 1. The molecule has 0 aliphatic rings. The van der Waals surface area contributed by atoms with Crippen molar-refractivity contribution < 1.29 is 4.79 Å². The Labute approximate surface area is 120 Å².